The van der Waals surface area contributed by atoms with Gasteiger partial charge >= 0.3 is 0 Å². The molecular weight excluding hydrogens is 276 g/mol. The highest BCUT2D eigenvalue weighted by atomic mass is 35.5. The van der Waals surface area contributed by atoms with E-state index in [-0.39, 0.29) is 24.4 Å². The van der Waals surface area contributed by atoms with E-state index >= 15 is 0 Å². The quantitative estimate of drug-likeness (QED) is 0.778. The summed E-state index contributed by atoms with van der Waals surface area (Å²) in [7, 11) is 0. The summed E-state index contributed by atoms with van der Waals surface area (Å²) in [5.41, 5.74) is 6.65. The molecule has 0 aromatic heterocycles. The molecule has 0 radical (unpaired) electrons. The van der Waals surface area contributed by atoms with Crippen molar-refractivity contribution in [3.63, 3.8) is 0 Å². The number of nitrogens with two attached hydrogens (primary N) is 1. The van der Waals surface area contributed by atoms with E-state index in [0.29, 0.717) is 17.0 Å². The fraction of sp³-hybridized carbons (Fsp3) is 0.533. The number of carbonyl (C=O) groups is 1. The lowest BCUT2D eigenvalue weighted by atomic mass is 10.00. The Kier molecular flexibility index (Phi) is 5.40. The average Bonchev–Trinajstić information content (AvgIpc) is 2.81. The third kappa shape index (κ3) is 4.20. The lowest BCUT2D eigenvalue weighted by molar-refractivity contribution is -0.122. The first-order valence-corrected chi connectivity index (χ1v) is 7.40. The van der Waals surface area contributed by atoms with Crippen molar-refractivity contribution in [1.82, 2.24) is 5.32 Å². The molecular formula is C15H21ClN2O2. The molecule has 3 atom stereocenters. The Morgan fingerprint density at radius 1 is 1.50 bits per heavy atom. The second-order valence-electron chi connectivity index (χ2n) is 5.43. The van der Waals surface area contributed by atoms with Gasteiger partial charge in [0, 0.05) is 24.0 Å². The van der Waals surface area contributed by atoms with Crippen LogP contribution in [0.25, 0.3) is 0 Å². The molecule has 1 unspecified atom stereocenters. The highest BCUT2D eigenvalue weighted by molar-refractivity contribution is 6.30. The van der Waals surface area contributed by atoms with E-state index in [9.17, 15) is 9.90 Å². The van der Waals surface area contributed by atoms with Gasteiger partial charge in [0.15, 0.2) is 0 Å². The molecule has 0 bridgehead atoms. The highest BCUT2D eigenvalue weighted by Gasteiger charge is 2.26. The summed E-state index contributed by atoms with van der Waals surface area (Å²) in [6, 6.07) is 7.15. The van der Waals surface area contributed by atoms with Crippen molar-refractivity contribution in [2.45, 2.75) is 37.8 Å². The van der Waals surface area contributed by atoms with Crippen LogP contribution < -0.4 is 11.1 Å². The van der Waals surface area contributed by atoms with Crippen molar-refractivity contribution in [2.75, 3.05) is 6.54 Å². The van der Waals surface area contributed by atoms with Crippen LogP contribution in [-0.4, -0.2) is 23.6 Å². The molecule has 0 aliphatic heterocycles. The van der Waals surface area contributed by atoms with Gasteiger partial charge in [-0.2, -0.15) is 0 Å². The summed E-state index contributed by atoms with van der Waals surface area (Å²) < 4.78 is 0. The number of nitrogens with one attached hydrogen (secondary N) is 1. The summed E-state index contributed by atoms with van der Waals surface area (Å²) in [6.07, 6.45) is 2.83. The molecule has 1 saturated carbocycles. The van der Waals surface area contributed by atoms with Gasteiger partial charge in [0.25, 0.3) is 0 Å². The lowest BCUT2D eigenvalue weighted by Crippen LogP contribution is -2.33. The topological polar surface area (TPSA) is 75.4 Å². The maximum absolute atomic E-state index is 11.8. The zero-order chi connectivity index (χ0) is 14.5. The second-order valence-corrected chi connectivity index (χ2v) is 5.87. The van der Waals surface area contributed by atoms with Crippen LogP contribution in [0.5, 0.6) is 0 Å². The molecule has 1 amide bonds. The van der Waals surface area contributed by atoms with E-state index in [0.717, 1.165) is 19.3 Å². The molecule has 4 nitrogen and oxygen atoms in total. The van der Waals surface area contributed by atoms with Crippen molar-refractivity contribution < 1.29 is 9.90 Å². The predicted molar refractivity (Wildman–Crippen MR) is 79.4 cm³/mol. The Hall–Kier alpha value is -1.10. The molecule has 1 aliphatic carbocycles. The van der Waals surface area contributed by atoms with Gasteiger partial charge in [-0.25, -0.2) is 0 Å². The molecule has 0 saturated heterocycles. The van der Waals surface area contributed by atoms with Gasteiger partial charge in [0.05, 0.1) is 6.10 Å². The van der Waals surface area contributed by atoms with Gasteiger partial charge in [-0.1, -0.05) is 30.2 Å². The smallest absolute Gasteiger partial charge is 0.220 e. The van der Waals surface area contributed by atoms with Crippen molar-refractivity contribution in [3.8, 4) is 0 Å². The SMILES string of the molecule is N[C@@H]1CCC[C@H]1CC(=O)NCC(O)c1cccc(Cl)c1. The molecule has 1 aliphatic rings. The van der Waals surface area contributed by atoms with Gasteiger partial charge in [-0.05, 0) is 36.5 Å². The zero-order valence-electron chi connectivity index (χ0n) is 11.4. The largest absolute Gasteiger partial charge is 0.387 e. The van der Waals surface area contributed by atoms with Crippen LogP contribution in [0.3, 0.4) is 0 Å². The van der Waals surface area contributed by atoms with E-state index < -0.39 is 6.10 Å². The van der Waals surface area contributed by atoms with Crippen LogP contribution in [0.4, 0.5) is 0 Å². The first-order valence-electron chi connectivity index (χ1n) is 7.02. The fourth-order valence-electron chi connectivity index (χ4n) is 2.67. The normalized spacial score (nSPS) is 23.6. The van der Waals surface area contributed by atoms with Crippen LogP contribution in [-0.2, 0) is 4.79 Å². The lowest BCUT2D eigenvalue weighted by Gasteiger charge is -2.16. The standard InChI is InChI=1S/C15H21ClN2O2/c16-12-5-1-4-11(7-12)14(19)9-18-15(20)8-10-3-2-6-13(10)17/h1,4-5,7,10,13-14,19H,2-3,6,8-9,17H2,(H,18,20)/t10-,13+,14?/m0/s1. The van der Waals surface area contributed by atoms with E-state index in [1.165, 1.54) is 0 Å². The van der Waals surface area contributed by atoms with Crippen LogP contribution in [0, 0.1) is 5.92 Å². The monoisotopic (exact) mass is 296 g/mol. The van der Waals surface area contributed by atoms with Crippen LogP contribution >= 0.6 is 11.6 Å². The second kappa shape index (κ2) is 7.07. The molecule has 0 heterocycles. The Bertz CT molecular complexity index is 467. The minimum atomic E-state index is -0.741. The van der Waals surface area contributed by atoms with Crippen molar-refractivity contribution in [1.29, 1.82) is 0 Å². The molecule has 20 heavy (non-hydrogen) atoms. The zero-order valence-corrected chi connectivity index (χ0v) is 12.1. The predicted octanol–water partition coefficient (Wildman–Crippen LogP) is 2.01. The summed E-state index contributed by atoms with van der Waals surface area (Å²) in [5, 5.41) is 13.3. The Morgan fingerprint density at radius 2 is 2.30 bits per heavy atom. The van der Waals surface area contributed by atoms with Crippen LogP contribution in [0.1, 0.15) is 37.4 Å². The fourth-order valence-corrected chi connectivity index (χ4v) is 2.87. The molecule has 0 spiro atoms. The molecule has 110 valence electrons. The van der Waals surface area contributed by atoms with Crippen molar-refractivity contribution >= 4 is 17.5 Å². The molecule has 4 N–H and O–H groups in total. The number of hydrogen-bond donors (Lipinski definition) is 3. The van der Waals surface area contributed by atoms with E-state index in [2.05, 4.69) is 5.32 Å². The number of rotatable bonds is 5. The number of aliphatic hydroxyl groups excluding tert-OH is 1. The molecule has 2 rings (SSSR count). The van der Waals surface area contributed by atoms with Gasteiger partial charge in [0.1, 0.15) is 0 Å². The highest BCUT2D eigenvalue weighted by Crippen LogP contribution is 2.26. The molecule has 1 aromatic carbocycles. The Morgan fingerprint density at radius 3 is 2.95 bits per heavy atom. The summed E-state index contributed by atoms with van der Waals surface area (Å²) in [4.78, 5) is 11.8. The Balaban J connectivity index is 1.78. The number of amides is 1. The molecule has 5 heteroatoms. The number of halogens is 1. The Labute approximate surface area is 124 Å². The minimum absolute atomic E-state index is 0.0478. The first kappa shape index (κ1) is 15.3. The van der Waals surface area contributed by atoms with Gasteiger partial charge in [-0.15, -0.1) is 0 Å². The van der Waals surface area contributed by atoms with E-state index in [4.69, 9.17) is 17.3 Å². The molecule has 1 aromatic rings. The van der Waals surface area contributed by atoms with Crippen molar-refractivity contribution in [3.05, 3.63) is 34.9 Å². The molecule has 1 fully saturated rings. The van der Waals surface area contributed by atoms with Gasteiger partial charge in [0.2, 0.25) is 5.91 Å². The van der Waals surface area contributed by atoms with E-state index in [1.54, 1.807) is 24.3 Å². The number of hydrogen-bond acceptors (Lipinski definition) is 3. The van der Waals surface area contributed by atoms with Crippen LogP contribution in [0.15, 0.2) is 24.3 Å². The first-order chi connectivity index (χ1) is 9.56. The average molecular weight is 297 g/mol. The minimum Gasteiger partial charge on any atom is -0.387 e. The van der Waals surface area contributed by atoms with Crippen LogP contribution in [0.2, 0.25) is 5.02 Å². The summed E-state index contributed by atoms with van der Waals surface area (Å²) >= 11 is 5.87. The number of benzene rings is 1. The number of carbonyl (C=O) groups excluding carboxylic acids is 1. The maximum Gasteiger partial charge on any atom is 0.220 e. The summed E-state index contributed by atoms with van der Waals surface area (Å²) in [5.74, 6) is 0.228. The van der Waals surface area contributed by atoms with Gasteiger partial charge in [-0.3, -0.25) is 4.79 Å². The van der Waals surface area contributed by atoms with Gasteiger partial charge < -0.3 is 16.2 Å². The third-order valence-corrected chi connectivity index (χ3v) is 4.13. The van der Waals surface area contributed by atoms with Crippen molar-refractivity contribution in [2.24, 2.45) is 11.7 Å². The third-order valence-electron chi connectivity index (χ3n) is 3.89. The maximum atomic E-state index is 11.8. The summed E-state index contributed by atoms with van der Waals surface area (Å²) in [6.45, 7) is 0.196. The number of aliphatic hydroxyl groups is 1. The van der Waals surface area contributed by atoms with E-state index in [1.807, 2.05) is 0 Å².